The lowest BCUT2D eigenvalue weighted by atomic mass is 10.1. The number of carbonyl (C=O) groups excluding carboxylic acids is 1. The molecule has 0 fully saturated rings. The summed E-state index contributed by atoms with van der Waals surface area (Å²) in [5, 5.41) is 0.871. The van der Waals surface area contributed by atoms with Gasteiger partial charge < -0.3 is 4.90 Å². The average molecular weight is 256 g/mol. The van der Waals surface area contributed by atoms with Crippen LogP contribution in [0.4, 0.5) is 0 Å². The largest absolute Gasteiger partial charge is 0.342 e. The molecule has 1 rings (SSSR count). The van der Waals surface area contributed by atoms with Crippen LogP contribution in [0.1, 0.15) is 18.1 Å². The van der Waals surface area contributed by atoms with Crippen molar-refractivity contribution in [1.82, 2.24) is 4.90 Å². The highest BCUT2D eigenvalue weighted by Gasteiger charge is 2.02. The monoisotopic (exact) mass is 255 g/mol. The molecular formula is C11H14BrNO. The highest BCUT2D eigenvalue weighted by molar-refractivity contribution is 9.08. The molecule has 0 N–H and O–H groups in total. The summed E-state index contributed by atoms with van der Waals surface area (Å²) in [5.74, 6) is 0.0922. The Kier molecular flexibility index (Phi) is 4.14. The van der Waals surface area contributed by atoms with Crippen LogP contribution in [0.15, 0.2) is 24.3 Å². The number of hydrogen-bond acceptors (Lipinski definition) is 1. The van der Waals surface area contributed by atoms with Crippen molar-refractivity contribution in [2.45, 2.75) is 18.8 Å². The van der Waals surface area contributed by atoms with E-state index in [1.54, 1.807) is 18.9 Å². The third-order valence-electron chi connectivity index (χ3n) is 2.13. The Labute approximate surface area is 93.0 Å². The molecule has 1 amide bonds. The summed E-state index contributed by atoms with van der Waals surface area (Å²) < 4.78 is 0. The molecule has 0 unspecified atom stereocenters. The molecule has 0 heterocycles. The highest BCUT2D eigenvalue weighted by atomic mass is 79.9. The fraction of sp³-hybridized carbons (Fsp3) is 0.364. The van der Waals surface area contributed by atoms with Crippen molar-refractivity contribution < 1.29 is 4.79 Å². The minimum atomic E-state index is 0.0922. The van der Waals surface area contributed by atoms with Crippen molar-refractivity contribution in [2.75, 3.05) is 7.05 Å². The van der Waals surface area contributed by atoms with Crippen molar-refractivity contribution in [3.63, 3.8) is 0 Å². The van der Waals surface area contributed by atoms with Gasteiger partial charge in [0.25, 0.3) is 0 Å². The van der Waals surface area contributed by atoms with Crippen LogP contribution in [0.25, 0.3) is 0 Å². The smallest absolute Gasteiger partial charge is 0.219 e. The van der Waals surface area contributed by atoms with E-state index >= 15 is 0 Å². The van der Waals surface area contributed by atoms with E-state index in [2.05, 4.69) is 40.2 Å². The first-order valence-corrected chi connectivity index (χ1v) is 5.61. The summed E-state index contributed by atoms with van der Waals surface area (Å²) >= 11 is 3.39. The lowest BCUT2D eigenvalue weighted by Crippen LogP contribution is -2.22. The molecule has 76 valence electrons. The molecule has 3 heteroatoms. The molecule has 0 aliphatic carbocycles. The highest BCUT2D eigenvalue weighted by Crippen LogP contribution is 2.09. The summed E-state index contributed by atoms with van der Waals surface area (Å²) in [6.07, 6.45) is 0. The molecule has 2 nitrogen and oxygen atoms in total. The van der Waals surface area contributed by atoms with Gasteiger partial charge in [-0.3, -0.25) is 4.79 Å². The van der Waals surface area contributed by atoms with Crippen LogP contribution < -0.4 is 0 Å². The summed E-state index contributed by atoms with van der Waals surface area (Å²) in [6.45, 7) is 2.25. The predicted molar refractivity (Wildman–Crippen MR) is 61.2 cm³/mol. The molecule has 0 saturated carbocycles. The Morgan fingerprint density at radius 3 is 2.21 bits per heavy atom. The number of hydrogen-bond donors (Lipinski definition) is 0. The van der Waals surface area contributed by atoms with Crippen molar-refractivity contribution >= 4 is 21.8 Å². The molecule has 0 spiro atoms. The van der Waals surface area contributed by atoms with Gasteiger partial charge in [-0.2, -0.15) is 0 Å². The minimum absolute atomic E-state index is 0.0922. The molecule has 0 radical (unpaired) electrons. The van der Waals surface area contributed by atoms with E-state index in [0.29, 0.717) is 6.54 Å². The zero-order valence-corrected chi connectivity index (χ0v) is 10.0. The molecule has 0 saturated heterocycles. The Morgan fingerprint density at radius 2 is 1.79 bits per heavy atom. The van der Waals surface area contributed by atoms with E-state index in [1.807, 2.05) is 0 Å². The Hall–Kier alpha value is -0.830. The number of carbonyl (C=O) groups is 1. The SMILES string of the molecule is CC(=O)N(C)Cc1ccc(CBr)cc1. The first-order valence-electron chi connectivity index (χ1n) is 4.49. The standard InChI is InChI=1S/C11H14BrNO/c1-9(14)13(2)8-11-5-3-10(7-12)4-6-11/h3-6H,7-8H2,1-2H3. The lowest BCUT2D eigenvalue weighted by molar-refractivity contribution is -0.128. The molecule has 0 aliphatic heterocycles. The van der Waals surface area contributed by atoms with Crippen LogP contribution in [0.2, 0.25) is 0 Å². The van der Waals surface area contributed by atoms with Gasteiger partial charge in [0.2, 0.25) is 5.91 Å². The van der Waals surface area contributed by atoms with Gasteiger partial charge in [0.15, 0.2) is 0 Å². The number of amides is 1. The lowest BCUT2D eigenvalue weighted by Gasteiger charge is -2.14. The number of halogens is 1. The van der Waals surface area contributed by atoms with Gasteiger partial charge in [-0.25, -0.2) is 0 Å². The molecule has 1 aromatic carbocycles. The van der Waals surface area contributed by atoms with Gasteiger partial charge >= 0.3 is 0 Å². The Bertz CT molecular complexity index is 308. The topological polar surface area (TPSA) is 20.3 Å². The quantitative estimate of drug-likeness (QED) is 0.761. The predicted octanol–water partition coefficient (Wildman–Crippen LogP) is 2.56. The van der Waals surface area contributed by atoms with Crippen molar-refractivity contribution in [1.29, 1.82) is 0 Å². The van der Waals surface area contributed by atoms with Crippen LogP contribution >= 0.6 is 15.9 Å². The summed E-state index contributed by atoms with van der Waals surface area (Å²) in [4.78, 5) is 12.7. The van der Waals surface area contributed by atoms with E-state index < -0.39 is 0 Å². The minimum Gasteiger partial charge on any atom is -0.342 e. The first-order chi connectivity index (χ1) is 6.63. The van der Waals surface area contributed by atoms with Crippen molar-refractivity contribution in [3.8, 4) is 0 Å². The van der Waals surface area contributed by atoms with Gasteiger partial charge in [0, 0.05) is 25.8 Å². The van der Waals surface area contributed by atoms with E-state index in [4.69, 9.17) is 0 Å². The van der Waals surface area contributed by atoms with E-state index in [9.17, 15) is 4.79 Å². The van der Waals surface area contributed by atoms with Gasteiger partial charge in [-0.05, 0) is 11.1 Å². The second-order valence-corrected chi connectivity index (χ2v) is 3.89. The van der Waals surface area contributed by atoms with E-state index in [0.717, 1.165) is 10.9 Å². The maximum atomic E-state index is 11.0. The Morgan fingerprint density at radius 1 is 1.29 bits per heavy atom. The molecule has 0 aliphatic rings. The molecular weight excluding hydrogens is 242 g/mol. The fourth-order valence-corrected chi connectivity index (χ4v) is 1.49. The second kappa shape index (κ2) is 5.15. The van der Waals surface area contributed by atoms with Crippen LogP contribution in [-0.2, 0) is 16.7 Å². The van der Waals surface area contributed by atoms with E-state index in [-0.39, 0.29) is 5.91 Å². The number of rotatable bonds is 3. The number of benzene rings is 1. The molecule has 1 aromatic rings. The molecule has 14 heavy (non-hydrogen) atoms. The van der Waals surface area contributed by atoms with Crippen LogP contribution in [0.3, 0.4) is 0 Å². The van der Waals surface area contributed by atoms with Gasteiger partial charge in [-0.1, -0.05) is 40.2 Å². The third-order valence-corrected chi connectivity index (χ3v) is 2.78. The Balaban J connectivity index is 2.64. The average Bonchev–Trinajstić information content (AvgIpc) is 2.19. The normalized spacial score (nSPS) is 9.93. The number of alkyl halides is 1. The summed E-state index contributed by atoms with van der Waals surface area (Å²) in [6, 6.07) is 8.24. The maximum absolute atomic E-state index is 11.0. The fourth-order valence-electron chi connectivity index (χ4n) is 1.12. The number of nitrogens with zero attached hydrogens (tertiary/aromatic N) is 1. The van der Waals surface area contributed by atoms with Crippen LogP contribution in [0, 0.1) is 0 Å². The molecule has 0 bridgehead atoms. The van der Waals surface area contributed by atoms with Crippen LogP contribution in [-0.4, -0.2) is 17.9 Å². The second-order valence-electron chi connectivity index (χ2n) is 3.33. The zero-order valence-electron chi connectivity index (χ0n) is 8.46. The van der Waals surface area contributed by atoms with Gasteiger partial charge in [-0.15, -0.1) is 0 Å². The van der Waals surface area contributed by atoms with Crippen LogP contribution in [0.5, 0.6) is 0 Å². The summed E-state index contributed by atoms with van der Waals surface area (Å²) in [7, 11) is 1.81. The first kappa shape index (κ1) is 11.2. The van der Waals surface area contributed by atoms with Crippen molar-refractivity contribution in [3.05, 3.63) is 35.4 Å². The summed E-state index contributed by atoms with van der Waals surface area (Å²) in [5.41, 5.74) is 2.41. The zero-order chi connectivity index (χ0) is 10.6. The van der Waals surface area contributed by atoms with Crippen molar-refractivity contribution in [2.24, 2.45) is 0 Å². The third kappa shape index (κ3) is 3.14. The maximum Gasteiger partial charge on any atom is 0.219 e. The van der Waals surface area contributed by atoms with Gasteiger partial charge in [0.05, 0.1) is 0 Å². The van der Waals surface area contributed by atoms with Gasteiger partial charge in [0.1, 0.15) is 0 Å². The molecule has 0 aromatic heterocycles. The molecule has 0 atom stereocenters. The van der Waals surface area contributed by atoms with E-state index in [1.165, 1.54) is 5.56 Å².